The molecule has 1 spiro atoms. The number of aliphatic hydroxyl groups excluding tert-OH is 1. The highest BCUT2D eigenvalue weighted by Gasteiger charge is 2.58. The Morgan fingerprint density at radius 2 is 2.08 bits per heavy atom. The van der Waals surface area contributed by atoms with Gasteiger partial charge in [0.1, 0.15) is 0 Å². The summed E-state index contributed by atoms with van der Waals surface area (Å²) < 4.78 is 2.17. The summed E-state index contributed by atoms with van der Waals surface area (Å²) in [4.78, 5) is 16.8. The molecule has 2 N–H and O–H groups in total. The van der Waals surface area contributed by atoms with Gasteiger partial charge in [-0.15, -0.1) is 0 Å². The summed E-state index contributed by atoms with van der Waals surface area (Å²) in [6, 6.07) is 8.40. The molecule has 6 heteroatoms. The summed E-state index contributed by atoms with van der Waals surface area (Å²) >= 11 is 0. The van der Waals surface area contributed by atoms with Crippen molar-refractivity contribution in [2.45, 2.75) is 25.0 Å². The fraction of sp³-hybridized carbons (Fsp3) is 0.444. The van der Waals surface area contributed by atoms with Crippen LogP contribution in [0.3, 0.4) is 0 Å². The highest BCUT2D eigenvalue weighted by atomic mass is 16.4. The minimum absolute atomic E-state index is 0.0898. The van der Waals surface area contributed by atoms with E-state index < -0.39 is 12.2 Å². The van der Waals surface area contributed by atoms with Crippen molar-refractivity contribution in [2.24, 2.45) is 11.3 Å². The van der Waals surface area contributed by atoms with Crippen molar-refractivity contribution in [1.29, 1.82) is 0 Å². The molecule has 0 unspecified atom stereocenters. The number of likely N-dealkylation sites (tertiary alicyclic amines) is 1. The van der Waals surface area contributed by atoms with Crippen LogP contribution in [0, 0.1) is 11.3 Å². The van der Waals surface area contributed by atoms with E-state index in [4.69, 9.17) is 5.11 Å². The Bertz CT molecular complexity index is 824. The van der Waals surface area contributed by atoms with Crippen LogP contribution in [-0.4, -0.2) is 50.0 Å². The van der Waals surface area contributed by atoms with Gasteiger partial charge < -0.3 is 19.7 Å². The molecular weight excluding hydrogens is 306 g/mol. The van der Waals surface area contributed by atoms with Crippen molar-refractivity contribution in [3.8, 4) is 11.3 Å². The minimum atomic E-state index is -0.889. The van der Waals surface area contributed by atoms with E-state index in [-0.39, 0.29) is 17.4 Å². The van der Waals surface area contributed by atoms with Crippen molar-refractivity contribution in [1.82, 2.24) is 14.5 Å². The average Bonchev–Trinajstić information content (AvgIpc) is 3.18. The fourth-order valence-corrected chi connectivity index (χ4v) is 5.05. The third kappa shape index (κ3) is 1.64. The SMILES string of the molecule is O=C(O)N1CC2(CC[C@H]([C@H]3c4ccccc4-c4cncn43)[C@@H]2O)C1. The quantitative estimate of drug-likeness (QED) is 0.842. The van der Waals surface area contributed by atoms with Gasteiger partial charge in [-0.1, -0.05) is 24.3 Å². The molecule has 6 nitrogen and oxygen atoms in total. The normalized spacial score (nSPS) is 29.4. The molecule has 3 heterocycles. The molecule has 2 aliphatic heterocycles. The topological polar surface area (TPSA) is 78.6 Å². The van der Waals surface area contributed by atoms with Gasteiger partial charge in [-0.3, -0.25) is 0 Å². The van der Waals surface area contributed by atoms with Crippen LogP contribution in [0.1, 0.15) is 24.4 Å². The Morgan fingerprint density at radius 1 is 1.29 bits per heavy atom. The minimum Gasteiger partial charge on any atom is -0.465 e. The van der Waals surface area contributed by atoms with Gasteiger partial charge in [0.05, 0.1) is 30.4 Å². The zero-order chi connectivity index (χ0) is 16.5. The van der Waals surface area contributed by atoms with Crippen molar-refractivity contribution in [2.75, 3.05) is 13.1 Å². The molecular formula is C18H19N3O3. The Kier molecular flexibility index (Phi) is 2.69. The molecule has 5 rings (SSSR count). The van der Waals surface area contributed by atoms with Gasteiger partial charge in [0.25, 0.3) is 0 Å². The number of carboxylic acid groups (broad SMARTS) is 1. The van der Waals surface area contributed by atoms with Gasteiger partial charge in [-0.05, 0) is 18.4 Å². The standard InChI is InChI=1S/C18H19N3O3/c22-16-13(5-6-18(16)8-20(9-18)17(23)24)15-12-4-2-1-3-11(12)14-7-19-10-21(14)15/h1-4,7,10,13,15-16,22H,5-6,8-9H2,(H,23,24)/t13-,15-,16+/m1/s1. The van der Waals surface area contributed by atoms with Crippen LogP contribution in [0.2, 0.25) is 0 Å². The van der Waals surface area contributed by atoms with Gasteiger partial charge in [0.2, 0.25) is 0 Å². The Hall–Kier alpha value is -2.34. The van der Waals surface area contributed by atoms with E-state index in [9.17, 15) is 9.90 Å². The lowest BCUT2D eigenvalue weighted by Gasteiger charge is -2.49. The molecule has 1 amide bonds. The van der Waals surface area contributed by atoms with Gasteiger partial charge in [0, 0.05) is 30.0 Å². The van der Waals surface area contributed by atoms with E-state index in [2.05, 4.69) is 21.7 Å². The number of hydrogen-bond donors (Lipinski definition) is 2. The molecule has 1 aromatic carbocycles. The van der Waals surface area contributed by atoms with Crippen LogP contribution < -0.4 is 0 Å². The first kappa shape index (κ1) is 14.0. The summed E-state index contributed by atoms with van der Waals surface area (Å²) in [6.45, 7) is 0.899. The van der Waals surface area contributed by atoms with Crippen LogP contribution in [0.15, 0.2) is 36.8 Å². The largest absolute Gasteiger partial charge is 0.465 e. The maximum absolute atomic E-state index is 11.1. The Balaban J connectivity index is 1.49. The number of aliphatic hydroxyl groups is 1. The summed E-state index contributed by atoms with van der Waals surface area (Å²) in [5.41, 5.74) is 3.27. The maximum Gasteiger partial charge on any atom is 0.407 e. The predicted octanol–water partition coefficient (Wildman–Crippen LogP) is 2.20. The number of rotatable bonds is 1. The van der Waals surface area contributed by atoms with Crippen LogP contribution in [-0.2, 0) is 0 Å². The Labute approximate surface area is 139 Å². The molecule has 24 heavy (non-hydrogen) atoms. The average molecular weight is 325 g/mol. The summed E-state index contributed by atoms with van der Waals surface area (Å²) in [7, 11) is 0. The first-order valence-electron chi connectivity index (χ1n) is 8.38. The number of nitrogens with zero attached hydrogens (tertiary/aromatic N) is 3. The summed E-state index contributed by atoms with van der Waals surface area (Å²) in [5.74, 6) is 0.0949. The summed E-state index contributed by atoms with van der Waals surface area (Å²) in [5, 5.41) is 20.2. The van der Waals surface area contributed by atoms with Gasteiger partial charge in [-0.25, -0.2) is 9.78 Å². The Morgan fingerprint density at radius 3 is 2.88 bits per heavy atom. The van der Waals surface area contributed by atoms with Crippen molar-refractivity contribution < 1.29 is 15.0 Å². The third-order valence-corrected chi connectivity index (χ3v) is 6.22. The zero-order valence-corrected chi connectivity index (χ0v) is 13.2. The first-order chi connectivity index (χ1) is 11.6. The molecule has 0 bridgehead atoms. The number of benzene rings is 1. The highest BCUT2D eigenvalue weighted by molar-refractivity contribution is 5.69. The lowest BCUT2D eigenvalue weighted by atomic mass is 9.74. The fourth-order valence-electron chi connectivity index (χ4n) is 5.05. The van der Waals surface area contributed by atoms with Gasteiger partial charge in [0.15, 0.2) is 0 Å². The van der Waals surface area contributed by atoms with Crippen LogP contribution in [0.25, 0.3) is 11.3 Å². The third-order valence-electron chi connectivity index (χ3n) is 6.22. The summed E-state index contributed by atoms with van der Waals surface area (Å²) in [6.07, 6.45) is 4.14. The van der Waals surface area contributed by atoms with Crippen LogP contribution >= 0.6 is 0 Å². The van der Waals surface area contributed by atoms with E-state index in [1.807, 2.05) is 24.7 Å². The van der Waals surface area contributed by atoms with Crippen LogP contribution in [0.5, 0.6) is 0 Å². The molecule has 124 valence electrons. The van der Waals surface area contributed by atoms with Crippen LogP contribution in [0.4, 0.5) is 4.79 Å². The van der Waals surface area contributed by atoms with Crippen molar-refractivity contribution >= 4 is 6.09 Å². The monoisotopic (exact) mass is 325 g/mol. The maximum atomic E-state index is 11.1. The number of aromatic nitrogens is 2. The lowest BCUT2D eigenvalue weighted by molar-refractivity contribution is -0.0765. The molecule has 1 aromatic heterocycles. The lowest BCUT2D eigenvalue weighted by Crippen LogP contribution is -2.62. The highest BCUT2D eigenvalue weighted by Crippen LogP contribution is 2.55. The number of hydrogen-bond acceptors (Lipinski definition) is 3. The molecule has 0 radical (unpaired) electrons. The van der Waals surface area contributed by atoms with E-state index in [1.54, 1.807) is 0 Å². The number of fused-ring (bicyclic) bond motifs is 3. The molecule has 2 aromatic rings. The number of imidazole rings is 1. The van der Waals surface area contributed by atoms with Crippen molar-refractivity contribution in [3.05, 3.63) is 42.4 Å². The van der Waals surface area contributed by atoms with E-state index in [0.29, 0.717) is 13.1 Å². The number of carbonyl (C=O) groups is 1. The second-order valence-electron chi connectivity index (χ2n) is 7.37. The van der Waals surface area contributed by atoms with E-state index in [1.165, 1.54) is 16.0 Å². The second kappa shape index (κ2) is 4.60. The molecule has 1 aliphatic carbocycles. The molecule has 3 aliphatic rings. The van der Waals surface area contributed by atoms with E-state index >= 15 is 0 Å². The molecule has 2 fully saturated rings. The van der Waals surface area contributed by atoms with E-state index in [0.717, 1.165) is 18.5 Å². The van der Waals surface area contributed by atoms with Gasteiger partial charge in [-0.2, -0.15) is 0 Å². The smallest absolute Gasteiger partial charge is 0.407 e. The molecule has 1 saturated heterocycles. The van der Waals surface area contributed by atoms with Gasteiger partial charge >= 0.3 is 6.09 Å². The second-order valence-corrected chi connectivity index (χ2v) is 7.37. The first-order valence-corrected chi connectivity index (χ1v) is 8.38. The number of amides is 1. The molecule has 3 atom stereocenters. The van der Waals surface area contributed by atoms with Crippen molar-refractivity contribution in [3.63, 3.8) is 0 Å². The zero-order valence-electron chi connectivity index (χ0n) is 13.2. The predicted molar refractivity (Wildman–Crippen MR) is 86.6 cm³/mol. The molecule has 1 saturated carbocycles.